The lowest BCUT2D eigenvalue weighted by atomic mass is 9.99. The zero-order valence-corrected chi connectivity index (χ0v) is 50.2. The van der Waals surface area contributed by atoms with E-state index in [2.05, 4.69) is 46.9 Å². The van der Waals surface area contributed by atoms with Gasteiger partial charge in [-0.05, 0) is 110 Å². The number of aromatic nitrogens is 2. The first-order valence-electron chi connectivity index (χ1n) is 29.4. The quantitative estimate of drug-likeness (QED) is 0.0176. The molecule has 6 aromatic rings. The van der Waals surface area contributed by atoms with Gasteiger partial charge in [-0.1, -0.05) is 86.1 Å². The Hall–Kier alpha value is -8.96. The van der Waals surface area contributed by atoms with Crippen molar-refractivity contribution in [2.24, 2.45) is 22.4 Å². The SMILES string of the molecule is CCNC(=O)[C@@H]1CCCN1C(=O)[C@H](CCCN=C(N)N)NC(=O)[C@H](CC(C)C)NC(=O)[C@@H](Cc1c[nH]c2ccccc12)NC(=O)[C@H](Cc1ccc(O)cc1)N(C)C(=O)[C@H](CO)NC(=O)[C@@H](Cc1c[nH]c2ccccc12)NC(=O)CCc1ccc(Cl)cc1. The topological polar surface area (TPSA) is 352 Å². The number of amides is 8. The van der Waals surface area contributed by atoms with Gasteiger partial charge in [0.2, 0.25) is 47.3 Å². The second-order valence-electron chi connectivity index (χ2n) is 22.3. The summed E-state index contributed by atoms with van der Waals surface area (Å²) >= 11 is 6.08. The maximum absolute atomic E-state index is 15.2. The molecule has 7 atom stereocenters. The van der Waals surface area contributed by atoms with Crippen molar-refractivity contribution in [3.05, 3.63) is 137 Å². The standard InChI is InChI=1S/C63H80ClN13O10/c1-5-67-59(84)53-17-11-29-77(53)62(87)48(16-10-28-68-63(65)66)72-56(81)49(30-37(2)3)73-58(83)51(33-41-35-70-47-15-9-7-13-45(41)47)74-60(85)54(31-39-20-25-43(79)26-21-39)76(4)61(86)52(36-78)75-57(82)50(32-40-34-69-46-14-8-6-12-44(40)46)71-55(80)27-22-38-18-23-42(64)24-19-38/h6-9,12-15,18-21,23-26,34-35,37,48-54,69-70,78-79H,5,10-11,16-17,22,27-33,36H2,1-4H3,(H,67,84)(H,71,80)(H,72,81)(H,73,83)(H,74,85)(H,75,82)(H4,65,66,68)/t48-,49-,50+,51+,52-,53-,54-/m0/s1. The highest BCUT2D eigenvalue weighted by Gasteiger charge is 2.40. The molecule has 0 bridgehead atoms. The number of aliphatic hydroxyl groups excluding tert-OH is 1. The first-order valence-corrected chi connectivity index (χ1v) is 29.7. The number of carbonyl (C=O) groups is 8. The van der Waals surface area contributed by atoms with Crippen molar-refractivity contribution in [2.75, 3.05) is 33.3 Å². The Bertz CT molecular complexity index is 3380. The number of fused-ring (bicyclic) bond motifs is 2. The predicted molar refractivity (Wildman–Crippen MR) is 332 cm³/mol. The van der Waals surface area contributed by atoms with Crippen LogP contribution in [0.2, 0.25) is 5.02 Å². The fourth-order valence-corrected chi connectivity index (χ4v) is 11.0. The minimum absolute atomic E-state index is 0.00616. The molecule has 87 heavy (non-hydrogen) atoms. The molecule has 2 aromatic heterocycles. The number of para-hydroxylation sites is 2. The maximum Gasteiger partial charge on any atom is 0.247 e. The summed E-state index contributed by atoms with van der Waals surface area (Å²) in [7, 11) is 1.32. The molecule has 3 heterocycles. The number of likely N-dealkylation sites (tertiary alicyclic amines) is 1. The van der Waals surface area contributed by atoms with Crippen molar-refractivity contribution in [1.29, 1.82) is 0 Å². The number of hydrogen-bond acceptors (Lipinski definition) is 11. The van der Waals surface area contributed by atoms with Crippen LogP contribution in [0.5, 0.6) is 5.75 Å². The van der Waals surface area contributed by atoms with Crippen molar-refractivity contribution >= 4 is 86.6 Å². The zero-order chi connectivity index (χ0) is 62.7. The van der Waals surface area contributed by atoms with Crippen LogP contribution in [0, 0.1) is 5.92 Å². The summed E-state index contributed by atoms with van der Waals surface area (Å²) in [4.78, 5) is 128. The third kappa shape index (κ3) is 18.3. The molecule has 14 N–H and O–H groups in total. The number of aromatic amines is 2. The zero-order valence-electron chi connectivity index (χ0n) is 49.4. The van der Waals surface area contributed by atoms with Gasteiger partial charge in [0.25, 0.3) is 0 Å². The number of hydrogen-bond donors (Lipinski definition) is 12. The van der Waals surface area contributed by atoms with E-state index >= 15 is 9.59 Å². The van der Waals surface area contributed by atoms with Crippen molar-refractivity contribution in [2.45, 2.75) is 127 Å². The fourth-order valence-electron chi connectivity index (χ4n) is 10.8. The molecule has 0 aliphatic carbocycles. The van der Waals surface area contributed by atoms with Gasteiger partial charge in [-0.3, -0.25) is 43.3 Å². The summed E-state index contributed by atoms with van der Waals surface area (Å²) in [6.45, 7) is 5.34. The highest BCUT2D eigenvalue weighted by molar-refractivity contribution is 6.30. The van der Waals surface area contributed by atoms with Gasteiger partial charge in [-0.15, -0.1) is 0 Å². The van der Waals surface area contributed by atoms with Crippen LogP contribution in [-0.4, -0.2) is 159 Å². The molecular formula is C63H80ClN13O10. The van der Waals surface area contributed by atoms with Crippen LogP contribution in [0.1, 0.15) is 81.5 Å². The number of nitrogens with one attached hydrogen (secondary N) is 8. The minimum atomic E-state index is -1.65. The molecular weight excluding hydrogens is 1130 g/mol. The molecule has 1 aliphatic heterocycles. The number of rotatable bonds is 30. The van der Waals surface area contributed by atoms with Crippen molar-refractivity contribution < 1.29 is 48.6 Å². The highest BCUT2D eigenvalue weighted by atomic mass is 35.5. The first kappa shape index (κ1) is 65.6. The Morgan fingerprint density at radius 1 is 0.713 bits per heavy atom. The van der Waals surface area contributed by atoms with Crippen LogP contribution in [0.4, 0.5) is 0 Å². The van der Waals surface area contributed by atoms with E-state index < -0.39 is 90.3 Å². The molecule has 0 saturated carbocycles. The van der Waals surface area contributed by atoms with Gasteiger partial charge in [0.1, 0.15) is 48.0 Å². The summed E-state index contributed by atoms with van der Waals surface area (Å²) in [6.07, 6.45) is 4.91. The number of nitrogens with zero attached hydrogens (tertiary/aromatic N) is 3. The Balaban J connectivity index is 1.15. The number of aromatic hydroxyl groups is 1. The largest absolute Gasteiger partial charge is 0.508 e. The van der Waals surface area contributed by atoms with Gasteiger partial charge in [-0.2, -0.15) is 0 Å². The van der Waals surface area contributed by atoms with Gasteiger partial charge < -0.3 is 73.3 Å². The summed E-state index contributed by atoms with van der Waals surface area (Å²) < 4.78 is 0. The van der Waals surface area contributed by atoms with E-state index in [9.17, 15) is 39.0 Å². The Morgan fingerprint density at radius 3 is 1.85 bits per heavy atom. The number of phenols is 1. The predicted octanol–water partition coefficient (Wildman–Crippen LogP) is 3.14. The van der Waals surface area contributed by atoms with Gasteiger partial charge in [0.05, 0.1) is 6.61 Å². The number of aliphatic imine (C=N–C) groups is 1. The number of benzene rings is 4. The van der Waals surface area contributed by atoms with E-state index in [1.165, 1.54) is 24.1 Å². The molecule has 0 radical (unpaired) electrons. The van der Waals surface area contributed by atoms with Crippen LogP contribution in [0.25, 0.3) is 21.8 Å². The van der Waals surface area contributed by atoms with Crippen LogP contribution in [-0.2, 0) is 64.0 Å². The first-order chi connectivity index (χ1) is 41.7. The second kappa shape index (κ2) is 31.4. The smallest absolute Gasteiger partial charge is 0.247 e. The summed E-state index contributed by atoms with van der Waals surface area (Å²) in [5.74, 6) is -5.67. The molecule has 0 unspecified atom stereocenters. The third-order valence-electron chi connectivity index (χ3n) is 15.4. The molecule has 464 valence electrons. The van der Waals surface area contributed by atoms with Gasteiger partial charge in [0, 0.05) is 91.6 Å². The number of likely N-dealkylation sites (N-methyl/N-ethyl adjacent to an activating group) is 2. The van der Waals surface area contributed by atoms with Crippen LogP contribution in [0.3, 0.4) is 0 Å². The molecule has 8 amide bonds. The molecule has 1 fully saturated rings. The van der Waals surface area contributed by atoms with E-state index in [0.29, 0.717) is 47.5 Å². The fraction of sp³-hybridized carbons (Fsp3) is 0.413. The molecule has 24 heteroatoms. The summed E-state index contributed by atoms with van der Waals surface area (Å²) in [5.41, 5.74) is 15.3. The number of carbonyl (C=O) groups excluding carboxylic acids is 8. The molecule has 1 saturated heterocycles. The van der Waals surface area contributed by atoms with Gasteiger partial charge in [0.15, 0.2) is 5.96 Å². The monoisotopic (exact) mass is 1210 g/mol. The number of halogens is 1. The van der Waals surface area contributed by atoms with Gasteiger partial charge in [-0.25, -0.2) is 0 Å². The van der Waals surface area contributed by atoms with E-state index in [1.54, 1.807) is 55.7 Å². The normalized spacial score (nSPS) is 15.1. The number of guanidine groups is 1. The molecule has 0 spiro atoms. The molecule has 1 aliphatic rings. The lowest BCUT2D eigenvalue weighted by Gasteiger charge is -2.32. The minimum Gasteiger partial charge on any atom is -0.508 e. The van der Waals surface area contributed by atoms with Crippen molar-refractivity contribution in [3.8, 4) is 5.75 Å². The molecule has 4 aromatic carbocycles. The van der Waals surface area contributed by atoms with E-state index in [0.717, 1.165) is 32.3 Å². The van der Waals surface area contributed by atoms with E-state index in [4.69, 9.17) is 23.1 Å². The average Bonchev–Trinajstić information content (AvgIpc) is 3.36. The third-order valence-corrected chi connectivity index (χ3v) is 15.7. The van der Waals surface area contributed by atoms with Gasteiger partial charge >= 0.3 is 0 Å². The number of aliphatic hydroxyl groups is 1. The summed E-state index contributed by atoms with van der Waals surface area (Å²) in [6, 6.07) is 18.8. The van der Waals surface area contributed by atoms with Crippen LogP contribution >= 0.6 is 11.6 Å². The second-order valence-corrected chi connectivity index (χ2v) is 22.7. The molecule has 23 nitrogen and oxygen atoms in total. The van der Waals surface area contributed by atoms with Crippen molar-refractivity contribution in [1.82, 2.24) is 51.7 Å². The number of phenolic OH excluding ortho intramolecular Hbond substituents is 1. The Morgan fingerprint density at radius 2 is 1.26 bits per heavy atom. The Kier molecular flexibility index (Phi) is 23.7. The lowest BCUT2D eigenvalue weighted by Crippen LogP contribution is -2.61. The van der Waals surface area contributed by atoms with E-state index in [-0.39, 0.29) is 81.6 Å². The van der Waals surface area contributed by atoms with Crippen LogP contribution < -0.4 is 43.4 Å². The molecule has 7 rings (SSSR count). The summed E-state index contributed by atoms with van der Waals surface area (Å²) in [5, 5.41) is 40.1. The highest BCUT2D eigenvalue weighted by Crippen LogP contribution is 2.24. The van der Waals surface area contributed by atoms with E-state index in [1.807, 2.05) is 62.4 Å². The number of nitrogens with two attached hydrogens (primary N) is 2. The lowest BCUT2D eigenvalue weighted by molar-refractivity contribution is -0.144. The van der Waals surface area contributed by atoms with Crippen LogP contribution in [0.15, 0.2) is 114 Å². The average molecular weight is 1210 g/mol. The number of H-pyrrole nitrogens is 2. The van der Waals surface area contributed by atoms with Crippen molar-refractivity contribution in [3.63, 3.8) is 0 Å². The maximum atomic E-state index is 15.2. The Labute approximate surface area is 510 Å². The number of aryl methyl sites for hydroxylation is 1.